The van der Waals surface area contributed by atoms with E-state index >= 15 is 0 Å². The van der Waals surface area contributed by atoms with Crippen molar-refractivity contribution in [3.8, 4) is 11.3 Å². The fourth-order valence-electron chi connectivity index (χ4n) is 2.76. The molecule has 2 aromatic rings. The van der Waals surface area contributed by atoms with Gasteiger partial charge in [0.1, 0.15) is 0 Å². The summed E-state index contributed by atoms with van der Waals surface area (Å²) in [4.78, 5) is 8.21. The Kier molecular flexibility index (Phi) is 4.03. The Bertz CT molecular complexity index is 598. The van der Waals surface area contributed by atoms with Crippen LogP contribution in [0.3, 0.4) is 0 Å². The van der Waals surface area contributed by atoms with Crippen molar-refractivity contribution in [3.63, 3.8) is 0 Å². The van der Waals surface area contributed by atoms with Gasteiger partial charge in [0.25, 0.3) is 0 Å². The van der Waals surface area contributed by atoms with Crippen molar-refractivity contribution < 1.29 is 0 Å². The van der Waals surface area contributed by atoms with Crippen molar-refractivity contribution >= 4 is 28.3 Å². The van der Waals surface area contributed by atoms with Gasteiger partial charge in [0.2, 0.25) is 0 Å². The van der Waals surface area contributed by atoms with Gasteiger partial charge in [-0.05, 0) is 65.9 Å². The molecule has 1 aromatic heterocycles. The monoisotopic (exact) mass is 381 g/mol. The number of hydrogen-bond acceptors (Lipinski definition) is 2. The van der Waals surface area contributed by atoms with Gasteiger partial charge < -0.3 is 14.8 Å². The summed E-state index contributed by atoms with van der Waals surface area (Å²) in [6, 6.07) is 8.96. The summed E-state index contributed by atoms with van der Waals surface area (Å²) in [5.41, 5.74) is 5.20. The number of aromatic amines is 1. The maximum Gasteiger partial charge on any atom is 0.0464 e. The van der Waals surface area contributed by atoms with E-state index < -0.39 is 0 Å². The van der Waals surface area contributed by atoms with Crippen LogP contribution in [0.2, 0.25) is 0 Å². The molecular formula is C16H20IN3. The van der Waals surface area contributed by atoms with E-state index in [-0.39, 0.29) is 0 Å². The second-order valence-electron chi connectivity index (χ2n) is 5.52. The summed E-state index contributed by atoms with van der Waals surface area (Å²) in [6.45, 7) is 6.76. The third kappa shape index (κ3) is 2.86. The van der Waals surface area contributed by atoms with Gasteiger partial charge in [0.15, 0.2) is 0 Å². The zero-order valence-corrected chi connectivity index (χ0v) is 14.1. The van der Waals surface area contributed by atoms with Gasteiger partial charge >= 0.3 is 0 Å². The summed E-state index contributed by atoms with van der Waals surface area (Å²) in [5.74, 6) is 0. The average molecular weight is 381 g/mol. The minimum absolute atomic E-state index is 1.12. The summed E-state index contributed by atoms with van der Waals surface area (Å²) >= 11 is 2.34. The molecule has 0 saturated carbocycles. The smallest absolute Gasteiger partial charge is 0.0464 e. The molecule has 0 radical (unpaired) electrons. The third-order valence-electron chi connectivity index (χ3n) is 4.00. The Morgan fingerprint density at radius 1 is 1.10 bits per heavy atom. The van der Waals surface area contributed by atoms with Gasteiger partial charge in [0.05, 0.1) is 0 Å². The molecule has 1 aliphatic heterocycles. The molecule has 1 saturated heterocycles. The SMILES string of the molecule is Cc1cc(-c2cc(I)c[nH]2)ccc1N1CCN(C)CC1. The zero-order valence-electron chi connectivity index (χ0n) is 12.0. The van der Waals surface area contributed by atoms with E-state index in [0.29, 0.717) is 0 Å². The van der Waals surface area contributed by atoms with E-state index in [1.54, 1.807) is 0 Å². The molecule has 0 unspecified atom stereocenters. The topological polar surface area (TPSA) is 22.3 Å². The van der Waals surface area contributed by atoms with E-state index in [1.165, 1.54) is 26.1 Å². The zero-order chi connectivity index (χ0) is 14.1. The maximum atomic E-state index is 3.33. The summed E-state index contributed by atoms with van der Waals surface area (Å²) < 4.78 is 1.25. The standard InChI is InChI=1S/C16H20IN3/c1-12-9-13(15-10-14(17)11-18-15)3-4-16(12)20-7-5-19(2)6-8-20/h3-4,9-11,18H,5-8H2,1-2H3. The highest BCUT2D eigenvalue weighted by Crippen LogP contribution is 2.27. The van der Waals surface area contributed by atoms with Crippen LogP contribution in [-0.4, -0.2) is 43.1 Å². The van der Waals surface area contributed by atoms with Crippen molar-refractivity contribution in [2.24, 2.45) is 0 Å². The Labute approximate surface area is 134 Å². The molecule has 0 aliphatic carbocycles. The highest BCUT2D eigenvalue weighted by molar-refractivity contribution is 14.1. The molecule has 0 atom stereocenters. The molecule has 3 nitrogen and oxygen atoms in total. The number of piperazine rings is 1. The Balaban J connectivity index is 1.84. The average Bonchev–Trinajstić information content (AvgIpc) is 2.87. The number of aromatic nitrogens is 1. The molecule has 0 spiro atoms. The lowest BCUT2D eigenvalue weighted by atomic mass is 10.1. The molecule has 1 aromatic carbocycles. The van der Waals surface area contributed by atoms with Crippen molar-refractivity contribution in [3.05, 3.63) is 39.6 Å². The summed E-state index contributed by atoms with van der Waals surface area (Å²) in [5, 5.41) is 0. The fourth-order valence-corrected chi connectivity index (χ4v) is 3.23. The van der Waals surface area contributed by atoms with Crippen LogP contribution in [0, 0.1) is 10.5 Å². The number of aryl methyl sites for hydroxylation is 1. The molecule has 1 aliphatic rings. The van der Waals surface area contributed by atoms with Gasteiger partial charge in [0, 0.05) is 47.3 Å². The Hall–Kier alpha value is -1.01. The molecule has 106 valence electrons. The first-order valence-corrected chi connectivity index (χ1v) is 8.10. The molecule has 0 bridgehead atoms. The number of anilines is 1. The highest BCUT2D eigenvalue weighted by atomic mass is 127. The predicted molar refractivity (Wildman–Crippen MR) is 93.4 cm³/mol. The number of hydrogen-bond donors (Lipinski definition) is 1. The first-order valence-electron chi connectivity index (χ1n) is 7.02. The maximum absolute atomic E-state index is 3.33. The first kappa shape index (κ1) is 13.9. The minimum Gasteiger partial charge on any atom is -0.369 e. The molecular weight excluding hydrogens is 361 g/mol. The lowest BCUT2D eigenvalue weighted by molar-refractivity contribution is 0.312. The van der Waals surface area contributed by atoms with Crippen LogP contribution in [0.5, 0.6) is 0 Å². The van der Waals surface area contributed by atoms with Crippen molar-refractivity contribution in [2.45, 2.75) is 6.92 Å². The molecule has 0 amide bonds. The van der Waals surface area contributed by atoms with Gasteiger partial charge in [-0.15, -0.1) is 0 Å². The van der Waals surface area contributed by atoms with E-state index in [1.807, 2.05) is 6.20 Å². The number of nitrogens with one attached hydrogen (secondary N) is 1. The van der Waals surface area contributed by atoms with Crippen LogP contribution in [0.1, 0.15) is 5.56 Å². The predicted octanol–water partition coefficient (Wildman–Crippen LogP) is 3.35. The molecule has 4 heteroatoms. The third-order valence-corrected chi connectivity index (χ3v) is 4.62. The number of H-pyrrole nitrogens is 1. The molecule has 2 heterocycles. The van der Waals surface area contributed by atoms with Crippen LogP contribution >= 0.6 is 22.6 Å². The van der Waals surface area contributed by atoms with Gasteiger partial charge in [-0.25, -0.2) is 0 Å². The van der Waals surface area contributed by atoms with Crippen molar-refractivity contribution in [2.75, 3.05) is 38.1 Å². The van der Waals surface area contributed by atoms with Crippen LogP contribution < -0.4 is 4.90 Å². The highest BCUT2D eigenvalue weighted by Gasteiger charge is 2.16. The largest absolute Gasteiger partial charge is 0.369 e. The Morgan fingerprint density at radius 3 is 2.45 bits per heavy atom. The number of halogens is 1. The fraction of sp³-hybridized carbons (Fsp3) is 0.375. The van der Waals surface area contributed by atoms with Crippen LogP contribution in [0.15, 0.2) is 30.5 Å². The normalized spacial score (nSPS) is 16.6. The number of rotatable bonds is 2. The number of likely N-dealkylation sites (N-methyl/N-ethyl adjacent to an activating group) is 1. The lowest BCUT2D eigenvalue weighted by Crippen LogP contribution is -2.44. The van der Waals surface area contributed by atoms with Crippen LogP contribution in [0.4, 0.5) is 5.69 Å². The van der Waals surface area contributed by atoms with Crippen LogP contribution in [-0.2, 0) is 0 Å². The first-order chi connectivity index (χ1) is 9.63. The van der Waals surface area contributed by atoms with Crippen molar-refractivity contribution in [1.82, 2.24) is 9.88 Å². The van der Waals surface area contributed by atoms with E-state index in [2.05, 4.69) is 75.6 Å². The van der Waals surface area contributed by atoms with E-state index in [0.717, 1.165) is 26.2 Å². The summed E-state index contributed by atoms with van der Waals surface area (Å²) in [7, 11) is 2.19. The second kappa shape index (κ2) is 5.77. The minimum atomic E-state index is 1.12. The summed E-state index contributed by atoms with van der Waals surface area (Å²) in [6.07, 6.45) is 2.04. The number of nitrogens with zero attached hydrogens (tertiary/aromatic N) is 2. The van der Waals surface area contributed by atoms with Crippen molar-refractivity contribution in [1.29, 1.82) is 0 Å². The second-order valence-corrected chi connectivity index (χ2v) is 6.77. The van der Waals surface area contributed by atoms with Crippen LogP contribution in [0.25, 0.3) is 11.3 Å². The molecule has 1 fully saturated rings. The van der Waals surface area contributed by atoms with E-state index in [4.69, 9.17) is 0 Å². The number of benzene rings is 1. The Morgan fingerprint density at radius 2 is 1.85 bits per heavy atom. The molecule has 1 N–H and O–H groups in total. The quantitative estimate of drug-likeness (QED) is 0.807. The van der Waals surface area contributed by atoms with Gasteiger partial charge in [-0.2, -0.15) is 0 Å². The van der Waals surface area contributed by atoms with Gasteiger partial charge in [-0.1, -0.05) is 6.07 Å². The van der Waals surface area contributed by atoms with E-state index in [9.17, 15) is 0 Å². The molecule has 3 rings (SSSR count). The molecule has 20 heavy (non-hydrogen) atoms. The lowest BCUT2D eigenvalue weighted by Gasteiger charge is -2.35. The van der Waals surface area contributed by atoms with Gasteiger partial charge in [-0.3, -0.25) is 0 Å².